The molecule has 0 saturated carbocycles. The van der Waals surface area contributed by atoms with Gasteiger partial charge in [0.1, 0.15) is 0 Å². The van der Waals surface area contributed by atoms with Gasteiger partial charge in [0, 0.05) is 0 Å². The van der Waals surface area contributed by atoms with E-state index in [1.165, 1.54) is 0 Å². The van der Waals surface area contributed by atoms with Crippen LogP contribution in [0, 0.1) is 0 Å². The number of nitrogens with one attached hydrogen (secondary N) is 1. The molecule has 0 aliphatic rings. The molecule has 0 aliphatic carbocycles. The predicted molar refractivity (Wildman–Crippen MR) is 37.8 cm³/mol. The zero-order valence-electron chi connectivity index (χ0n) is 5.41. The van der Waals surface area contributed by atoms with Gasteiger partial charge in [-0.15, -0.1) is 0 Å². The highest BCUT2D eigenvalue weighted by Crippen LogP contribution is 2.07. The quantitative estimate of drug-likeness (QED) is 0.535. The van der Waals surface area contributed by atoms with E-state index < -0.39 is 0 Å². The Morgan fingerprint density at radius 1 is 1.20 bits per heavy atom. The SMILES string of the molecule is OCc1ccc(NO)cc1. The summed E-state index contributed by atoms with van der Waals surface area (Å²) in [6, 6.07) is 6.84. The smallest absolute Gasteiger partial charge is 0.0681 e. The third-order valence-electron chi connectivity index (χ3n) is 1.27. The predicted octanol–water partition coefficient (Wildman–Crippen LogP) is 0.980. The van der Waals surface area contributed by atoms with Crippen LogP contribution in [0.5, 0.6) is 0 Å². The molecule has 0 radical (unpaired) electrons. The Bertz CT molecular complexity index is 172. The second-order valence-electron chi connectivity index (χ2n) is 1.97. The van der Waals surface area contributed by atoms with Crippen LogP contribution in [0.1, 0.15) is 5.56 Å². The lowest BCUT2D eigenvalue weighted by Gasteiger charge is -1.98. The average molecular weight is 139 g/mol. The molecule has 54 valence electrons. The summed E-state index contributed by atoms with van der Waals surface area (Å²) >= 11 is 0. The Morgan fingerprint density at radius 2 is 1.80 bits per heavy atom. The second kappa shape index (κ2) is 3.20. The third-order valence-corrected chi connectivity index (χ3v) is 1.27. The zero-order valence-corrected chi connectivity index (χ0v) is 5.41. The molecule has 0 heterocycles. The van der Waals surface area contributed by atoms with Gasteiger partial charge in [-0.1, -0.05) is 12.1 Å². The molecule has 0 unspecified atom stereocenters. The van der Waals surface area contributed by atoms with Crippen LogP contribution in [-0.4, -0.2) is 10.3 Å². The van der Waals surface area contributed by atoms with E-state index in [9.17, 15) is 0 Å². The molecule has 0 fully saturated rings. The summed E-state index contributed by atoms with van der Waals surface area (Å²) in [7, 11) is 0. The summed E-state index contributed by atoms with van der Waals surface area (Å²) in [6.07, 6.45) is 0. The molecule has 0 atom stereocenters. The minimum Gasteiger partial charge on any atom is -0.392 e. The Balaban J connectivity index is 2.80. The van der Waals surface area contributed by atoms with Crippen LogP contribution in [0.15, 0.2) is 24.3 Å². The number of hydrogen-bond donors (Lipinski definition) is 3. The van der Waals surface area contributed by atoms with Crippen molar-refractivity contribution in [1.29, 1.82) is 0 Å². The van der Waals surface area contributed by atoms with E-state index in [4.69, 9.17) is 10.3 Å². The molecule has 0 bridgehead atoms. The van der Waals surface area contributed by atoms with Gasteiger partial charge in [0.2, 0.25) is 0 Å². The van der Waals surface area contributed by atoms with Crippen LogP contribution in [-0.2, 0) is 6.61 Å². The van der Waals surface area contributed by atoms with Crippen molar-refractivity contribution in [2.24, 2.45) is 0 Å². The highest BCUT2D eigenvalue weighted by Gasteiger charge is 1.89. The lowest BCUT2D eigenvalue weighted by atomic mass is 10.2. The van der Waals surface area contributed by atoms with Crippen molar-refractivity contribution in [2.45, 2.75) is 6.61 Å². The third kappa shape index (κ3) is 1.46. The van der Waals surface area contributed by atoms with Gasteiger partial charge in [-0.3, -0.25) is 10.7 Å². The molecule has 3 N–H and O–H groups in total. The molecule has 0 aliphatic heterocycles. The summed E-state index contributed by atoms with van der Waals surface area (Å²) in [5.41, 5.74) is 3.45. The Kier molecular flexibility index (Phi) is 2.25. The van der Waals surface area contributed by atoms with Crippen LogP contribution in [0.4, 0.5) is 5.69 Å². The number of aliphatic hydroxyl groups is 1. The van der Waals surface area contributed by atoms with E-state index in [2.05, 4.69) is 0 Å². The van der Waals surface area contributed by atoms with Gasteiger partial charge < -0.3 is 5.11 Å². The average Bonchev–Trinajstić information content (AvgIpc) is 2.05. The maximum atomic E-state index is 8.62. The minimum absolute atomic E-state index is 0.0334. The van der Waals surface area contributed by atoms with E-state index in [0.29, 0.717) is 5.69 Å². The van der Waals surface area contributed by atoms with Gasteiger partial charge in [0.25, 0.3) is 0 Å². The van der Waals surface area contributed by atoms with E-state index in [1.807, 2.05) is 5.48 Å². The highest BCUT2D eigenvalue weighted by molar-refractivity contribution is 5.41. The van der Waals surface area contributed by atoms with Crippen molar-refractivity contribution >= 4 is 5.69 Å². The van der Waals surface area contributed by atoms with Crippen LogP contribution in [0.2, 0.25) is 0 Å². The second-order valence-corrected chi connectivity index (χ2v) is 1.97. The van der Waals surface area contributed by atoms with E-state index in [0.717, 1.165) is 5.56 Å². The number of hydrogen-bond acceptors (Lipinski definition) is 3. The summed E-state index contributed by atoms with van der Waals surface area (Å²) in [5, 5.41) is 17.0. The van der Waals surface area contributed by atoms with Crippen molar-refractivity contribution in [3.8, 4) is 0 Å². The first kappa shape index (κ1) is 7.05. The first-order valence-corrected chi connectivity index (χ1v) is 2.96. The van der Waals surface area contributed by atoms with Crippen LogP contribution >= 0.6 is 0 Å². The number of aliphatic hydroxyl groups excluding tert-OH is 1. The van der Waals surface area contributed by atoms with Crippen molar-refractivity contribution in [2.75, 3.05) is 5.48 Å². The minimum atomic E-state index is 0.0334. The molecule has 1 aromatic rings. The molecule has 3 nitrogen and oxygen atoms in total. The van der Waals surface area contributed by atoms with Gasteiger partial charge in [0.05, 0.1) is 12.3 Å². The fourth-order valence-corrected chi connectivity index (χ4v) is 0.685. The fraction of sp³-hybridized carbons (Fsp3) is 0.143. The first-order chi connectivity index (χ1) is 4.86. The van der Waals surface area contributed by atoms with Gasteiger partial charge in [-0.25, -0.2) is 0 Å². The lowest BCUT2D eigenvalue weighted by molar-refractivity contribution is 0.282. The summed E-state index contributed by atoms with van der Waals surface area (Å²) in [6.45, 7) is 0.0334. The molecule has 0 spiro atoms. The number of rotatable bonds is 2. The van der Waals surface area contributed by atoms with Crippen molar-refractivity contribution in [3.63, 3.8) is 0 Å². The topological polar surface area (TPSA) is 52.5 Å². The molecule has 0 saturated heterocycles. The molecule has 0 amide bonds. The number of benzene rings is 1. The Hall–Kier alpha value is -1.06. The van der Waals surface area contributed by atoms with Crippen molar-refractivity contribution in [3.05, 3.63) is 29.8 Å². The Morgan fingerprint density at radius 3 is 2.20 bits per heavy atom. The highest BCUT2D eigenvalue weighted by atomic mass is 16.5. The first-order valence-electron chi connectivity index (χ1n) is 2.96. The van der Waals surface area contributed by atoms with E-state index in [-0.39, 0.29) is 6.61 Å². The largest absolute Gasteiger partial charge is 0.392 e. The Labute approximate surface area is 58.9 Å². The summed E-state index contributed by atoms with van der Waals surface area (Å²) in [4.78, 5) is 0. The molecule has 1 rings (SSSR count). The van der Waals surface area contributed by atoms with E-state index in [1.54, 1.807) is 24.3 Å². The van der Waals surface area contributed by atoms with Crippen molar-refractivity contribution in [1.82, 2.24) is 0 Å². The van der Waals surface area contributed by atoms with Gasteiger partial charge in [0.15, 0.2) is 0 Å². The normalized spacial score (nSPS) is 9.40. The fourth-order valence-electron chi connectivity index (χ4n) is 0.685. The molecule has 10 heavy (non-hydrogen) atoms. The maximum Gasteiger partial charge on any atom is 0.0681 e. The molecule has 0 aromatic heterocycles. The van der Waals surface area contributed by atoms with Crippen molar-refractivity contribution < 1.29 is 10.3 Å². The molecule has 3 heteroatoms. The summed E-state index contributed by atoms with van der Waals surface area (Å²) in [5.74, 6) is 0. The molecule has 1 aromatic carbocycles. The molecular formula is C7H9NO2. The lowest BCUT2D eigenvalue weighted by Crippen LogP contribution is -1.89. The summed E-state index contributed by atoms with van der Waals surface area (Å²) < 4.78 is 0. The number of anilines is 1. The maximum absolute atomic E-state index is 8.62. The van der Waals surface area contributed by atoms with Crippen LogP contribution in [0.3, 0.4) is 0 Å². The monoisotopic (exact) mass is 139 g/mol. The van der Waals surface area contributed by atoms with Gasteiger partial charge in [-0.2, -0.15) is 0 Å². The van der Waals surface area contributed by atoms with Crippen LogP contribution < -0.4 is 5.48 Å². The van der Waals surface area contributed by atoms with Gasteiger partial charge >= 0.3 is 0 Å². The van der Waals surface area contributed by atoms with Crippen LogP contribution in [0.25, 0.3) is 0 Å². The van der Waals surface area contributed by atoms with Gasteiger partial charge in [-0.05, 0) is 17.7 Å². The zero-order chi connectivity index (χ0) is 7.40. The van der Waals surface area contributed by atoms with E-state index >= 15 is 0 Å². The standard InChI is InChI=1S/C7H9NO2/c9-5-6-1-3-7(8-10)4-2-6/h1-4,8-10H,5H2. The molecular weight excluding hydrogens is 130 g/mol.